The van der Waals surface area contributed by atoms with Crippen LogP contribution in [0.15, 0.2) is 33.3 Å². The molecule has 0 fully saturated rings. The van der Waals surface area contributed by atoms with Crippen molar-refractivity contribution < 1.29 is 8.83 Å². The summed E-state index contributed by atoms with van der Waals surface area (Å²) in [5.41, 5.74) is 1.24. The number of rotatable bonds is 5. The molecule has 0 spiro atoms. The van der Waals surface area contributed by atoms with Crippen LogP contribution >= 0.6 is 0 Å². The van der Waals surface area contributed by atoms with Crippen LogP contribution in [0.25, 0.3) is 0 Å². The van der Waals surface area contributed by atoms with Crippen molar-refractivity contribution >= 4 is 0 Å². The van der Waals surface area contributed by atoms with E-state index in [1.54, 1.807) is 6.26 Å². The topological polar surface area (TPSA) is 38.3 Å². The molecule has 3 nitrogen and oxygen atoms in total. The molecule has 2 rings (SSSR count). The molecule has 0 saturated carbocycles. The van der Waals surface area contributed by atoms with Crippen LogP contribution in [0.5, 0.6) is 0 Å². The normalized spacial score (nSPS) is 12.9. The van der Waals surface area contributed by atoms with Gasteiger partial charge in [0.25, 0.3) is 0 Å². The van der Waals surface area contributed by atoms with Gasteiger partial charge in [0.2, 0.25) is 0 Å². The van der Waals surface area contributed by atoms with E-state index in [4.69, 9.17) is 8.83 Å². The largest absolute Gasteiger partial charge is 0.469 e. The van der Waals surface area contributed by atoms with Gasteiger partial charge in [-0.1, -0.05) is 0 Å². The van der Waals surface area contributed by atoms with Crippen LogP contribution in [-0.4, -0.2) is 6.54 Å². The third kappa shape index (κ3) is 3.01. The third-order valence-electron chi connectivity index (χ3n) is 2.95. The molecule has 0 bridgehead atoms. The lowest BCUT2D eigenvalue weighted by molar-refractivity contribution is 0.475. The average molecular weight is 233 g/mol. The second kappa shape index (κ2) is 5.23. The van der Waals surface area contributed by atoms with Gasteiger partial charge < -0.3 is 14.2 Å². The van der Waals surface area contributed by atoms with Gasteiger partial charge in [-0.15, -0.1) is 0 Å². The lowest BCUT2D eigenvalue weighted by Crippen LogP contribution is -2.21. The first-order valence-electron chi connectivity index (χ1n) is 5.99. The maximum Gasteiger partial charge on any atom is 0.105 e. The molecular formula is C14H19NO2. The van der Waals surface area contributed by atoms with E-state index < -0.39 is 0 Å². The maximum atomic E-state index is 5.53. The zero-order valence-electron chi connectivity index (χ0n) is 10.6. The zero-order chi connectivity index (χ0) is 12.3. The van der Waals surface area contributed by atoms with E-state index in [2.05, 4.69) is 18.3 Å². The molecule has 1 unspecified atom stereocenters. The molecule has 0 radical (unpaired) electrons. The van der Waals surface area contributed by atoms with Gasteiger partial charge >= 0.3 is 0 Å². The number of nitrogens with one attached hydrogen (secondary N) is 1. The van der Waals surface area contributed by atoms with E-state index in [0.717, 1.165) is 30.2 Å². The third-order valence-corrected chi connectivity index (χ3v) is 2.95. The molecule has 2 aromatic heterocycles. The van der Waals surface area contributed by atoms with Crippen LogP contribution in [0.2, 0.25) is 0 Å². The Morgan fingerprint density at radius 2 is 2.18 bits per heavy atom. The van der Waals surface area contributed by atoms with Crippen molar-refractivity contribution in [2.24, 2.45) is 0 Å². The fourth-order valence-electron chi connectivity index (χ4n) is 2.06. The van der Waals surface area contributed by atoms with Gasteiger partial charge in [0.15, 0.2) is 0 Å². The Morgan fingerprint density at radius 3 is 2.76 bits per heavy atom. The first-order chi connectivity index (χ1) is 8.16. The second-order valence-electron chi connectivity index (χ2n) is 4.37. The second-order valence-corrected chi connectivity index (χ2v) is 4.37. The van der Waals surface area contributed by atoms with Crippen molar-refractivity contribution in [3.05, 3.63) is 47.3 Å². The summed E-state index contributed by atoms with van der Waals surface area (Å²) < 4.78 is 10.8. The highest BCUT2D eigenvalue weighted by molar-refractivity contribution is 5.23. The van der Waals surface area contributed by atoms with Gasteiger partial charge in [-0.25, -0.2) is 0 Å². The van der Waals surface area contributed by atoms with E-state index in [1.807, 2.05) is 26.0 Å². The highest BCUT2D eigenvalue weighted by Gasteiger charge is 2.11. The summed E-state index contributed by atoms with van der Waals surface area (Å²) in [6, 6.07) is 6.32. The average Bonchev–Trinajstić information content (AvgIpc) is 2.88. The van der Waals surface area contributed by atoms with E-state index in [9.17, 15) is 0 Å². The predicted octanol–water partition coefficient (Wildman–Crippen LogP) is 3.38. The summed E-state index contributed by atoms with van der Waals surface area (Å²) in [4.78, 5) is 0. The highest BCUT2D eigenvalue weighted by Crippen LogP contribution is 2.20. The molecule has 0 aliphatic carbocycles. The monoisotopic (exact) mass is 233 g/mol. The standard InChI is InChI=1S/C14H19NO2/c1-10-9-14(12(3)17-10)11(2)15-7-6-13-5-4-8-16-13/h4-5,8-9,11,15H,6-7H2,1-3H3. The Hall–Kier alpha value is -1.48. The summed E-state index contributed by atoms with van der Waals surface area (Å²) in [6.07, 6.45) is 2.62. The Balaban J connectivity index is 1.85. The Labute approximate surface area is 102 Å². The van der Waals surface area contributed by atoms with Crippen LogP contribution in [-0.2, 0) is 6.42 Å². The van der Waals surface area contributed by atoms with E-state index in [0.29, 0.717) is 6.04 Å². The lowest BCUT2D eigenvalue weighted by Gasteiger charge is -2.12. The molecule has 0 aliphatic rings. The summed E-state index contributed by atoms with van der Waals surface area (Å²) >= 11 is 0. The first-order valence-corrected chi connectivity index (χ1v) is 5.99. The smallest absolute Gasteiger partial charge is 0.105 e. The number of furan rings is 2. The van der Waals surface area contributed by atoms with Crippen molar-refractivity contribution in [1.82, 2.24) is 5.32 Å². The minimum atomic E-state index is 0.308. The fraction of sp³-hybridized carbons (Fsp3) is 0.429. The molecule has 0 saturated heterocycles. The van der Waals surface area contributed by atoms with E-state index in [-0.39, 0.29) is 0 Å². The molecule has 2 heterocycles. The van der Waals surface area contributed by atoms with Gasteiger partial charge in [-0.3, -0.25) is 0 Å². The molecule has 1 N–H and O–H groups in total. The van der Waals surface area contributed by atoms with Crippen LogP contribution in [0, 0.1) is 13.8 Å². The van der Waals surface area contributed by atoms with Gasteiger partial charge in [-0.05, 0) is 39.0 Å². The summed E-state index contributed by atoms with van der Waals surface area (Å²) in [5, 5.41) is 3.47. The van der Waals surface area contributed by atoms with Crippen molar-refractivity contribution in [2.75, 3.05) is 6.54 Å². The molecule has 2 aromatic rings. The van der Waals surface area contributed by atoms with Crippen molar-refractivity contribution in [3.8, 4) is 0 Å². The molecule has 0 amide bonds. The van der Waals surface area contributed by atoms with Gasteiger partial charge in [0.1, 0.15) is 17.3 Å². The highest BCUT2D eigenvalue weighted by atomic mass is 16.3. The Kier molecular flexibility index (Phi) is 3.69. The van der Waals surface area contributed by atoms with E-state index >= 15 is 0 Å². The van der Waals surface area contributed by atoms with E-state index in [1.165, 1.54) is 5.56 Å². The summed E-state index contributed by atoms with van der Waals surface area (Å²) in [6.45, 7) is 7.04. The zero-order valence-corrected chi connectivity index (χ0v) is 10.6. The molecule has 0 aliphatic heterocycles. The summed E-state index contributed by atoms with van der Waals surface area (Å²) in [5.74, 6) is 2.99. The van der Waals surface area contributed by atoms with Gasteiger partial charge in [-0.2, -0.15) is 0 Å². The van der Waals surface area contributed by atoms with Crippen LogP contribution in [0.4, 0.5) is 0 Å². The minimum Gasteiger partial charge on any atom is -0.469 e. The fourth-order valence-corrected chi connectivity index (χ4v) is 2.06. The lowest BCUT2D eigenvalue weighted by atomic mass is 10.1. The Bertz CT molecular complexity index is 457. The SMILES string of the molecule is Cc1cc(C(C)NCCc2ccco2)c(C)o1. The molecule has 3 heteroatoms. The minimum absolute atomic E-state index is 0.308. The van der Waals surface area contributed by atoms with Crippen molar-refractivity contribution in [1.29, 1.82) is 0 Å². The predicted molar refractivity (Wildman–Crippen MR) is 67.0 cm³/mol. The number of aryl methyl sites for hydroxylation is 2. The van der Waals surface area contributed by atoms with Crippen molar-refractivity contribution in [2.45, 2.75) is 33.2 Å². The number of hydrogen-bond acceptors (Lipinski definition) is 3. The van der Waals surface area contributed by atoms with Crippen LogP contribution in [0.3, 0.4) is 0 Å². The van der Waals surface area contributed by atoms with Gasteiger partial charge in [0.05, 0.1) is 6.26 Å². The van der Waals surface area contributed by atoms with Crippen molar-refractivity contribution in [3.63, 3.8) is 0 Å². The molecule has 0 aromatic carbocycles. The summed E-state index contributed by atoms with van der Waals surface area (Å²) in [7, 11) is 0. The van der Waals surface area contributed by atoms with Gasteiger partial charge in [0, 0.05) is 24.6 Å². The molecule has 1 atom stereocenters. The van der Waals surface area contributed by atoms with Crippen LogP contribution in [0.1, 0.15) is 35.8 Å². The van der Waals surface area contributed by atoms with Crippen LogP contribution < -0.4 is 5.32 Å². The quantitative estimate of drug-likeness (QED) is 0.860. The molecule has 92 valence electrons. The maximum absolute atomic E-state index is 5.53. The molecular weight excluding hydrogens is 214 g/mol. The first kappa shape index (κ1) is 12.0. The Morgan fingerprint density at radius 1 is 1.35 bits per heavy atom. The number of hydrogen-bond donors (Lipinski definition) is 1. The molecule has 17 heavy (non-hydrogen) atoms.